The number of unbranched alkanes of at least 4 members (excludes halogenated alkanes) is 10. The van der Waals surface area contributed by atoms with Crippen molar-refractivity contribution in [1.82, 2.24) is 0 Å². The van der Waals surface area contributed by atoms with Gasteiger partial charge >= 0.3 is 17.9 Å². The molecule has 1 aliphatic carbocycles. The Bertz CT molecular complexity index is 1020. The van der Waals surface area contributed by atoms with Crippen molar-refractivity contribution in [2.75, 3.05) is 0 Å². The molecule has 0 aromatic heterocycles. The lowest BCUT2D eigenvalue weighted by Crippen LogP contribution is -2.34. The lowest BCUT2D eigenvalue weighted by Gasteiger charge is -2.32. The Balaban J connectivity index is 2.19. The van der Waals surface area contributed by atoms with E-state index in [4.69, 9.17) is 9.47 Å². The van der Waals surface area contributed by atoms with E-state index in [0.29, 0.717) is 6.42 Å². The summed E-state index contributed by atoms with van der Waals surface area (Å²) in [6.07, 6.45) is 16.8. The zero-order valence-electron chi connectivity index (χ0n) is 24.5. The molecule has 222 valence electrons. The molecule has 0 bridgehead atoms. The van der Waals surface area contributed by atoms with Crippen molar-refractivity contribution in [2.45, 2.75) is 122 Å². The number of hydrogen-bond donors (Lipinski definition) is 1. The lowest BCUT2D eigenvalue weighted by molar-refractivity contribution is -0.152. The molecule has 6 nitrogen and oxygen atoms in total. The fraction of sp³-hybridized carbons (Fsp3) is 0.606. The van der Waals surface area contributed by atoms with E-state index in [9.17, 15) is 19.5 Å². The molecule has 1 aromatic carbocycles. The highest BCUT2D eigenvalue weighted by Crippen LogP contribution is 2.39. The molecule has 0 fully saturated rings. The minimum Gasteiger partial charge on any atom is -0.480 e. The normalized spacial score (nSPS) is 19.1. The van der Waals surface area contributed by atoms with Gasteiger partial charge in [0.15, 0.2) is 5.60 Å². The van der Waals surface area contributed by atoms with Crippen molar-refractivity contribution in [3.8, 4) is 0 Å². The van der Waals surface area contributed by atoms with Gasteiger partial charge in [-0.15, -0.1) is 0 Å². The van der Waals surface area contributed by atoms with Crippen LogP contribution in [0, 0.1) is 5.92 Å². The van der Waals surface area contributed by atoms with Crippen molar-refractivity contribution in [2.24, 2.45) is 5.92 Å². The van der Waals surface area contributed by atoms with Crippen LogP contribution in [0.4, 0.5) is 4.39 Å². The number of esters is 2. The van der Waals surface area contributed by atoms with E-state index in [1.165, 1.54) is 37.8 Å². The predicted molar refractivity (Wildman–Crippen MR) is 155 cm³/mol. The maximum Gasteiger partial charge on any atom is 0.338 e. The number of carbonyl (C=O) groups is 3. The zero-order chi connectivity index (χ0) is 29.4. The standard InChI is InChI=1S/C33H47FO6/c1-4-6-8-10-11-12-13-15-21-30(35)40-33(23-22-27(31(36)37)29(34)24-33)28-20-17-16-19-26(28)32(38)39-25(3)18-14-9-7-5-2/h16-17,19-20,22-25,27H,4-15,18,21H2,1-3H3,(H,36,37). The fourth-order valence-electron chi connectivity index (χ4n) is 4.97. The molecule has 0 amide bonds. The molecule has 0 heterocycles. The minimum atomic E-state index is -1.76. The number of hydrogen-bond acceptors (Lipinski definition) is 5. The summed E-state index contributed by atoms with van der Waals surface area (Å²) in [6, 6.07) is 6.46. The Morgan fingerprint density at radius 1 is 0.925 bits per heavy atom. The number of aliphatic carboxylic acids is 1. The molecule has 0 radical (unpaired) electrons. The van der Waals surface area contributed by atoms with Gasteiger partial charge in [0, 0.05) is 18.1 Å². The van der Waals surface area contributed by atoms with Crippen LogP contribution in [0.1, 0.15) is 127 Å². The number of carbonyl (C=O) groups excluding carboxylic acids is 2. The third-order valence-electron chi connectivity index (χ3n) is 7.31. The van der Waals surface area contributed by atoms with E-state index in [-0.39, 0.29) is 23.7 Å². The van der Waals surface area contributed by atoms with E-state index in [2.05, 4.69) is 13.8 Å². The topological polar surface area (TPSA) is 89.9 Å². The third-order valence-corrected chi connectivity index (χ3v) is 7.31. The number of ether oxygens (including phenoxy) is 2. The first-order valence-electron chi connectivity index (χ1n) is 15.1. The molecule has 1 N–H and O–H groups in total. The summed E-state index contributed by atoms with van der Waals surface area (Å²) >= 11 is 0. The molecule has 0 spiro atoms. The quantitative estimate of drug-likeness (QED) is 0.104. The minimum absolute atomic E-state index is 0.143. The molecule has 40 heavy (non-hydrogen) atoms. The SMILES string of the molecule is CCCCCCCCCCC(=O)OC1(c2ccccc2C(=O)OC(C)CCCCCC)C=CC(C(=O)O)C(F)=C1. The van der Waals surface area contributed by atoms with Crippen LogP contribution in [-0.2, 0) is 24.7 Å². The van der Waals surface area contributed by atoms with Gasteiger partial charge in [0.05, 0.1) is 11.7 Å². The van der Waals surface area contributed by atoms with Crippen molar-refractivity contribution in [3.05, 3.63) is 59.4 Å². The fourth-order valence-corrected chi connectivity index (χ4v) is 4.97. The van der Waals surface area contributed by atoms with Crippen molar-refractivity contribution in [1.29, 1.82) is 0 Å². The van der Waals surface area contributed by atoms with Crippen molar-refractivity contribution >= 4 is 17.9 Å². The summed E-state index contributed by atoms with van der Waals surface area (Å²) in [4.78, 5) is 37.7. The van der Waals surface area contributed by atoms with E-state index in [1.807, 2.05) is 6.92 Å². The average Bonchev–Trinajstić information content (AvgIpc) is 2.92. The number of carboxylic acid groups (broad SMARTS) is 1. The second-order valence-electron chi connectivity index (χ2n) is 10.8. The Hall–Kier alpha value is -2.96. The third kappa shape index (κ3) is 10.5. The van der Waals surface area contributed by atoms with Crippen LogP contribution in [0.3, 0.4) is 0 Å². The summed E-state index contributed by atoms with van der Waals surface area (Å²) in [5, 5.41) is 9.40. The van der Waals surface area contributed by atoms with Crippen LogP contribution in [0.5, 0.6) is 0 Å². The second-order valence-corrected chi connectivity index (χ2v) is 10.8. The molecular formula is C33H47FO6. The summed E-state index contributed by atoms with van der Waals surface area (Å²) in [5.74, 6) is -4.93. The van der Waals surface area contributed by atoms with E-state index in [0.717, 1.165) is 57.4 Å². The molecule has 0 aliphatic heterocycles. The highest BCUT2D eigenvalue weighted by Gasteiger charge is 2.41. The van der Waals surface area contributed by atoms with Crippen LogP contribution in [0.15, 0.2) is 48.3 Å². The van der Waals surface area contributed by atoms with Gasteiger partial charge in [-0.1, -0.05) is 102 Å². The molecular weight excluding hydrogens is 511 g/mol. The largest absolute Gasteiger partial charge is 0.480 e. The molecule has 1 aliphatic rings. The Morgan fingerprint density at radius 2 is 1.52 bits per heavy atom. The molecule has 1 aromatic rings. The van der Waals surface area contributed by atoms with Gasteiger partial charge in [0.1, 0.15) is 11.7 Å². The molecule has 0 saturated carbocycles. The Kier molecular flexibility index (Phi) is 14.7. The van der Waals surface area contributed by atoms with Gasteiger partial charge in [-0.25, -0.2) is 9.18 Å². The van der Waals surface area contributed by atoms with Crippen LogP contribution in [0.2, 0.25) is 0 Å². The van der Waals surface area contributed by atoms with E-state index >= 15 is 4.39 Å². The first-order valence-corrected chi connectivity index (χ1v) is 15.1. The highest BCUT2D eigenvalue weighted by molar-refractivity contribution is 5.92. The van der Waals surface area contributed by atoms with E-state index < -0.39 is 35.3 Å². The zero-order valence-corrected chi connectivity index (χ0v) is 24.5. The maximum absolute atomic E-state index is 15.1. The summed E-state index contributed by atoms with van der Waals surface area (Å²) in [6.45, 7) is 6.15. The molecule has 3 unspecified atom stereocenters. The van der Waals surface area contributed by atoms with E-state index in [1.54, 1.807) is 24.3 Å². The second kappa shape index (κ2) is 17.7. The molecule has 3 atom stereocenters. The monoisotopic (exact) mass is 558 g/mol. The first kappa shape index (κ1) is 33.2. The summed E-state index contributed by atoms with van der Waals surface area (Å²) < 4.78 is 26.6. The Morgan fingerprint density at radius 3 is 2.15 bits per heavy atom. The van der Waals surface area contributed by atoms with Gasteiger partial charge in [-0.2, -0.15) is 0 Å². The van der Waals surface area contributed by atoms with Crippen LogP contribution >= 0.6 is 0 Å². The summed E-state index contributed by atoms with van der Waals surface area (Å²) in [5.41, 5.74) is -1.38. The molecule has 0 saturated heterocycles. The van der Waals surface area contributed by atoms with Gasteiger partial charge in [-0.05, 0) is 38.3 Å². The summed E-state index contributed by atoms with van der Waals surface area (Å²) in [7, 11) is 0. The van der Waals surface area contributed by atoms with Gasteiger partial charge in [-0.3, -0.25) is 9.59 Å². The number of halogens is 1. The van der Waals surface area contributed by atoms with Crippen LogP contribution < -0.4 is 0 Å². The predicted octanol–water partition coefficient (Wildman–Crippen LogP) is 8.60. The molecule has 2 rings (SSSR count). The van der Waals surface area contributed by atoms with Crippen LogP contribution in [-0.4, -0.2) is 29.1 Å². The average molecular weight is 559 g/mol. The number of rotatable bonds is 19. The van der Waals surface area contributed by atoms with Gasteiger partial charge in [0.2, 0.25) is 0 Å². The Labute approximate surface area is 239 Å². The van der Waals surface area contributed by atoms with Crippen molar-refractivity contribution in [3.63, 3.8) is 0 Å². The molecule has 7 heteroatoms. The first-order chi connectivity index (χ1) is 19.2. The number of benzene rings is 1. The highest BCUT2D eigenvalue weighted by atomic mass is 19.1. The van der Waals surface area contributed by atoms with Gasteiger partial charge in [0.25, 0.3) is 0 Å². The van der Waals surface area contributed by atoms with Gasteiger partial charge < -0.3 is 14.6 Å². The maximum atomic E-state index is 15.1. The number of carboxylic acids is 1. The van der Waals surface area contributed by atoms with Crippen LogP contribution in [0.25, 0.3) is 0 Å². The lowest BCUT2D eigenvalue weighted by atomic mass is 9.83. The van der Waals surface area contributed by atoms with Crippen molar-refractivity contribution < 1.29 is 33.4 Å². The smallest absolute Gasteiger partial charge is 0.338 e.